The third-order valence-electron chi connectivity index (χ3n) is 4.56. The molecule has 0 saturated heterocycles. The monoisotopic (exact) mass is 335 g/mol. The molecule has 3 aromatic rings. The molecular formula is C21H25N3O. The summed E-state index contributed by atoms with van der Waals surface area (Å²) in [7, 11) is 0. The van der Waals surface area contributed by atoms with Crippen molar-refractivity contribution in [3.8, 4) is 0 Å². The predicted molar refractivity (Wildman–Crippen MR) is 102 cm³/mol. The summed E-state index contributed by atoms with van der Waals surface area (Å²) in [6, 6.07) is 19.0. The summed E-state index contributed by atoms with van der Waals surface area (Å²) >= 11 is 0. The number of hydrogen-bond donors (Lipinski definition) is 1. The first-order valence-corrected chi connectivity index (χ1v) is 8.98. The lowest BCUT2D eigenvalue weighted by Crippen LogP contribution is -2.24. The number of nitrogens with zero attached hydrogens (tertiary/aromatic N) is 2. The van der Waals surface area contributed by atoms with Gasteiger partial charge in [-0.15, -0.1) is 0 Å². The minimum atomic E-state index is 0.103. The second-order valence-corrected chi connectivity index (χ2v) is 6.28. The van der Waals surface area contributed by atoms with Crippen LogP contribution in [0.3, 0.4) is 0 Å². The summed E-state index contributed by atoms with van der Waals surface area (Å²) in [5.74, 6) is 1.18. The number of imidazole rings is 1. The Balaban J connectivity index is 1.86. The fourth-order valence-electron chi connectivity index (χ4n) is 3.18. The van der Waals surface area contributed by atoms with Gasteiger partial charge >= 0.3 is 0 Å². The minimum absolute atomic E-state index is 0.103. The molecule has 0 saturated carbocycles. The van der Waals surface area contributed by atoms with E-state index in [9.17, 15) is 4.79 Å². The Labute approximate surface area is 148 Å². The molecule has 0 spiro atoms. The Kier molecular flexibility index (Phi) is 5.49. The maximum Gasteiger partial charge on any atom is 0.219 e. The Morgan fingerprint density at radius 3 is 2.60 bits per heavy atom. The lowest BCUT2D eigenvalue weighted by Gasteiger charge is -2.18. The van der Waals surface area contributed by atoms with Gasteiger partial charge in [-0.1, -0.05) is 49.4 Å². The summed E-state index contributed by atoms with van der Waals surface area (Å²) in [5.41, 5.74) is 3.45. The Morgan fingerprint density at radius 2 is 1.84 bits per heavy atom. The number of para-hydroxylation sites is 2. The van der Waals surface area contributed by atoms with Crippen molar-refractivity contribution in [3.05, 3.63) is 66.0 Å². The molecule has 0 aliphatic heterocycles. The topological polar surface area (TPSA) is 46.9 Å². The van der Waals surface area contributed by atoms with Crippen LogP contribution in [0.2, 0.25) is 0 Å². The van der Waals surface area contributed by atoms with Crippen molar-refractivity contribution in [1.82, 2.24) is 14.9 Å². The molecule has 130 valence electrons. The first-order valence-electron chi connectivity index (χ1n) is 8.98. The number of aryl methyl sites for hydroxylation is 1. The molecule has 25 heavy (non-hydrogen) atoms. The number of rotatable bonds is 7. The maximum atomic E-state index is 11.4. The Hall–Kier alpha value is -2.62. The number of carbonyl (C=O) groups excluding carboxylic acids is 1. The molecule has 4 heteroatoms. The number of benzene rings is 2. The van der Waals surface area contributed by atoms with Gasteiger partial charge in [-0.05, 0) is 31.0 Å². The molecule has 3 rings (SSSR count). The van der Waals surface area contributed by atoms with Crippen molar-refractivity contribution < 1.29 is 4.79 Å². The van der Waals surface area contributed by atoms with Crippen LogP contribution < -0.4 is 5.32 Å². The van der Waals surface area contributed by atoms with Crippen LogP contribution in [0, 0.1) is 0 Å². The third kappa shape index (κ3) is 3.90. The fourth-order valence-corrected chi connectivity index (χ4v) is 3.18. The summed E-state index contributed by atoms with van der Waals surface area (Å²) in [5, 5.41) is 2.94. The van der Waals surface area contributed by atoms with Gasteiger partial charge < -0.3 is 9.88 Å². The van der Waals surface area contributed by atoms with Gasteiger partial charge in [-0.25, -0.2) is 4.98 Å². The zero-order chi connectivity index (χ0) is 17.6. The molecule has 1 heterocycles. The molecule has 1 amide bonds. The summed E-state index contributed by atoms with van der Waals surface area (Å²) in [6.07, 6.45) is 2.26. The van der Waals surface area contributed by atoms with Gasteiger partial charge in [0, 0.05) is 19.4 Å². The van der Waals surface area contributed by atoms with Gasteiger partial charge in [-0.3, -0.25) is 4.79 Å². The minimum Gasteiger partial charge on any atom is -0.356 e. The molecule has 1 atom stereocenters. The van der Waals surface area contributed by atoms with Crippen LogP contribution in [0.25, 0.3) is 11.0 Å². The lowest BCUT2D eigenvalue weighted by atomic mass is 10.1. The van der Waals surface area contributed by atoms with Crippen molar-refractivity contribution in [2.75, 3.05) is 6.54 Å². The second-order valence-electron chi connectivity index (χ2n) is 6.28. The van der Waals surface area contributed by atoms with Gasteiger partial charge in [0.05, 0.1) is 17.1 Å². The number of hydrogen-bond acceptors (Lipinski definition) is 2. The molecule has 0 fully saturated rings. The molecule has 0 bridgehead atoms. The largest absolute Gasteiger partial charge is 0.356 e. The Bertz CT molecular complexity index is 839. The second kappa shape index (κ2) is 7.97. The molecule has 4 nitrogen and oxygen atoms in total. The standard InChI is InChI=1S/C21H25N3O/c1-3-21(25)22-15-9-14-20-23-18-12-7-8-13-19(18)24(20)16(2)17-10-5-4-6-11-17/h4-8,10-13,16H,3,9,14-15H2,1-2H3,(H,22,25). The SMILES string of the molecule is CCC(=O)NCCCc1nc2ccccc2n1C(C)c1ccccc1. The number of nitrogens with one attached hydrogen (secondary N) is 1. The van der Waals surface area contributed by atoms with E-state index in [2.05, 4.69) is 59.3 Å². The first kappa shape index (κ1) is 17.2. The molecule has 0 aliphatic carbocycles. The average Bonchev–Trinajstić information content (AvgIpc) is 3.03. The highest BCUT2D eigenvalue weighted by molar-refractivity contribution is 5.76. The molecular weight excluding hydrogens is 310 g/mol. The predicted octanol–water partition coefficient (Wildman–Crippen LogP) is 4.10. The summed E-state index contributed by atoms with van der Waals surface area (Å²) in [4.78, 5) is 16.2. The quantitative estimate of drug-likeness (QED) is 0.661. The van der Waals surface area contributed by atoms with Crippen molar-refractivity contribution in [2.24, 2.45) is 0 Å². The smallest absolute Gasteiger partial charge is 0.219 e. The number of carbonyl (C=O) groups is 1. The summed E-state index contributed by atoms with van der Waals surface area (Å²) in [6.45, 7) is 4.78. The van der Waals surface area contributed by atoms with E-state index >= 15 is 0 Å². The lowest BCUT2D eigenvalue weighted by molar-refractivity contribution is -0.120. The molecule has 2 aromatic carbocycles. The van der Waals surface area contributed by atoms with Crippen LogP contribution in [0.5, 0.6) is 0 Å². The molecule has 1 aromatic heterocycles. The number of fused-ring (bicyclic) bond motifs is 1. The molecule has 0 radical (unpaired) electrons. The fraction of sp³-hybridized carbons (Fsp3) is 0.333. The van der Waals surface area contributed by atoms with Crippen molar-refractivity contribution in [2.45, 2.75) is 39.2 Å². The van der Waals surface area contributed by atoms with Crippen LogP contribution in [-0.4, -0.2) is 22.0 Å². The summed E-state index contributed by atoms with van der Waals surface area (Å²) < 4.78 is 2.33. The average molecular weight is 335 g/mol. The van der Waals surface area contributed by atoms with E-state index in [0.717, 1.165) is 29.7 Å². The van der Waals surface area contributed by atoms with Crippen LogP contribution in [-0.2, 0) is 11.2 Å². The van der Waals surface area contributed by atoms with E-state index in [0.29, 0.717) is 13.0 Å². The van der Waals surface area contributed by atoms with E-state index in [1.165, 1.54) is 5.56 Å². The highest BCUT2D eigenvalue weighted by Crippen LogP contribution is 2.26. The van der Waals surface area contributed by atoms with Crippen molar-refractivity contribution in [1.29, 1.82) is 0 Å². The molecule has 1 N–H and O–H groups in total. The zero-order valence-corrected chi connectivity index (χ0v) is 14.9. The van der Waals surface area contributed by atoms with Crippen molar-refractivity contribution >= 4 is 16.9 Å². The van der Waals surface area contributed by atoms with E-state index in [-0.39, 0.29) is 11.9 Å². The van der Waals surface area contributed by atoms with E-state index in [1.54, 1.807) is 0 Å². The van der Waals surface area contributed by atoms with Crippen LogP contribution in [0.15, 0.2) is 54.6 Å². The van der Waals surface area contributed by atoms with Gasteiger partial charge in [0.25, 0.3) is 0 Å². The zero-order valence-electron chi connectivity index (χ0n) is 14.9. The third-order valence-corrected chi connectivity index (χ3v) is 4.56. The number of amides is 1. The van der Waals surface area contributed by atoms with E-state index < -0.39 is 0 Å². The van der Waals surface area contributed by atoms with Gasteiger partial charge in [-0.2, -0.15) is 0 Å². The highest BCUT2D eigenvalue weighted by Gasteiger charge is 2.16. The van der Waals surface area contributed by atoms with Gasteiger partial charge in [0.2, 0.25) is 5.91 Å². The van der Waals surface area contributed by atoms with Crippen molar-refractivity contribution in [3.63, 3.8) is 0 Å². The first-order chi connectivity index (χ1) is 12.2. The Morgan fingerprint density at radius 1 is 1.12 bits per heavy atom. The van der Waals surface area contributed by atoms with E-state index in [4.69, 9.17) is 4.98 Å². The normalized spacial score (nSPS) is 12.2. The molecule has 0 aliphatic rings. The number of aromatic nitrogens is 2. The van der Waals surface area contributed by atoms with Crippen LogP contribution in [0.4, 0.5) is 0 Å². The van der Waals surface area contributed by atoms with Gasteiger partial charge in [0.15, 0.2) is 0 Å². The van der Waals surface area contributed by atoms with E-state index in [1.807, 2.05) is 19.1 Å². The van der Waals surface area contributed by atoms with Gasteiger partial charge in [0.1, 0.15) is 5.82 Å². The maximum absolute atomic E-state index is 11.4. The highest BCUT2D eigenvalue weighted by atomic mass is 16.1. The molecule has 1 unspecified atom stereocenters. The van der Waals surface area contributed by atoms with Crippen LogP contribution >= 0.6 is 0 Å². The van der Waals surface area contributed by atoms with Crippen LogP contribution in [0.1, 0.15) is 44.1 Å².